The van der Waals surface area contributed by atoms with Crippen molar-refractivity contribution in [2.24, 2.45) is 0 Å². The molecule has 0 unspecified atom stereocenters. The number of nitrogens with one attached hydrogen (secondary N) is 2. The minimum Gasteiger partial charge on any atom is -0.352 e. The molecule has 2 aromatic carbocycles. The Morgan fingerprint density at radius 3 is 2.47 bits per heavy atom. The van der Waals surface area contributed by atoms with Gasteiger partial charge < -0.3 is 10.6 Å². The summed E-state index contributed by atoms with van der Waals surface area (Å²) >= 11 is 1.56. The first kappa shape index (κ1) is 20.4. The van der Waals surface area contributed by atoms with E-state index in [1.807, 2.05) is 49.4 Å². The zero-order chi connectivity index (χ0) is 20.9. The maximum absolute atomic E-state index is 13.1. The van der Waals surface area contributed by atoms with E-state index in [9.17, 15) is 9.59 Å². The van der Waals surface area contributed by atoms with E-state index in [0.29, 0.717) is 22.7 Å². The molecule has 1 aromatic heterocycles. The number of anilines is 1. The average Bonchev–Trinajstić information content (AvgIpc) is 3.12. The molecule has 3 aromatic rings. The van der Waals surface area contributed by atoms with Crippen molar-refractivity contribution in [3.8, 4) is 0 Å². The number of benzene rings is 2. The molecule has 1 aliphatic rings. The van der Waals surface area contributed by atoms with Crippen LogP contribution in [0.5, 0.6) is 0 Å². The van der Waals surface area contributed by atoms with Crippen molar-refractivity contribution < 1.29 is 9.59 Å². The summed E-state index contributed by atoms with van der Waals surface area (Å²) < 4.78 is 0. The third-order valence-corrected chi connectivity index (χ3v) is 6.76. The van der Waals surface area contributed by atoms with Crippen LogP contribution in [0.2, 0.25) is 0 Å². The van der Waals surface area contributed by atoms with Crippen LogP contribution < -0.4 is 10.6 Å². The summed E-state index contributed by atoms with van der Waals surface area (Å²) in [5, 5.41) is 6.77. The molecule has 0 fully saturated rings. The first-order valence-electron chi connectivity index (χ1n) is 10.5. The highest BCUT2D eigenvalue weighted by atomic mass is 32.1. The lowest BCUT2D eigenvalue weighted by molar-refractivity contribution is 0.0954. The molecule has 0 bridgehead atoms. The van der Waals surface area contributed by atoms with Gasteiger partial charge in [-0.25, -0.2) is 0 Å². The van der Waals surface area contributed by atoms with Crippen LogP contribution in [0.3, 0.4) is 0 Å². The predicted octanol–water partition coefficient (Wildman–Crippen LogP) is 5.16. The van der Waals surface area contributed by atoms with E-state index in [1.54, 1.807) is 11.3 Å². The molecule has 2 N–H and O–H groups in total. The highest BCUT2D eigenvalue weighted by Crippen LogP contribution is 2.38. The number of carbonyl (C=O) groups is 2. The van der Waals surface area contributed by atoms with Gasteiger partial charge in [-0.05, 0) is 61.8 Å². The summed E-state index contributed by atoms with van der Waals surface area (Å²) in [5.41, 5.74) is 4.52. The lowest BCUT2D eigenvalue weighted by Crippen LogP contribution is -2.27. The SMILES string of the molecule is Cc1ccccc1C(=O)Nc1sc2c(c1C(=O)NCCc1ccccc1)CCCC2. The van der Waals surface area contributed by atoms with Gasteiger partial charge in [0.2, 0.25) is 0 Å². The van der Waals surface area contributed by atoms with Crippen molar-refractivity contribution in [2.45, 2.75) is 39.0 Å². The molecule has 0 atom stereocenters. The molecule has 5 heteroatoms. The summed E-state index contributed by atoms with van der Waals surface area (Å²) in [6.07, 6.45) is 4.87. The van der Waals surface area contributed by atoms with Crippen LogP contribution in [0, 0.1) is 6.92 Å². The minimum absolute atomic E-state index is 0.0922. The topological polar surface area (TPSA) is 58.2 Å². The van der Waals surface area contributed by atoms with Crippen molar-refractivity contribution in [2.75, 3.05) is 11.9 Å². The second-order valence-electron chi connectivity index (χ2n) is 7.68. The van der Waals surface area contributed by atoms with E-state index in [1.165, 1.54) is 10.4 Å². The zero-order valence-electron chi connectivity index (χ0n) is 17.2. The lowest BCUT2D eigenvalue weighted by Gasteiger charge is -2.13. The molecule has 2 amide bonds. The Morgan fingerprint density at radius 1 is 0.933 bits per heavy atom. The zero-order valence-corrected chi connectivity index (χ0v) is 18.0. The highest BCUT2D eigenvalue weighted by Gasteiger charge is 2.26. The molecule has 0 aliphatic heterocycles. The number of aryl methyl sites for hydroxylation is 2. The fraction of sp³-hybridized carbons (Fsp3) is 0.280. The molecule has 1 heterocycles. The minimum atomic E-state index is -0.162. The summed E-state index contributed by atoms with van der Waals surface area (Å²) in [4.78, 5) is 27.2. The Balaban J connectivity index is 1.54. The van der Waals surface area contributed by atoms with E-state index in [2.05, 4.69) is 22.8 Å². The van der Waals surface area contributed by atoms with Gasteiger partial charge in [-0.2, -0.15) is 0 Å². The van der Waals surface area contributed by atoms with Crippen LogP contribution in [-0.2, 0) is 19.3 Å². The predicted molar refractivity (Wildman–Crippen MR) is 123 cm³/mol. The van der Waals surface area contributed by atoms with Gasteiger partial charge in [0.05, 0.1) is 5.56 Å². The van der Waals surface area contributed by atoms with Crippen LogP contribution in [0.1, 0.15) is 55.1 Å². The van der Waals surface area contributed by atoms with Crippen molar-refractivity contribution in [1.29, 1.82) is 0 Å². The maximum atomic E-state index is 13.1. The largest absolute Gasteiger partial charge is 0.352 e. The fourth-order valence-electron chi connectivity index (χ4n) is 3.95. The molecule has 0 saturated carbocycles. The molecule has 4 nitrogen and oxygen atoms in total. The molecule has 30 heavy (non-hydrogen) atoms. The van der Waals surface area contributed by atoms with E-state index in [-0.39, 0.29) is 11.8 Å². The first-order chi connectivity index (χ1) is 14.6. The number of carbonyl (C=O) groups excluding carboxylic acids is 2. The van der Waals surface area contributed by atoms with Crippen molar-refractivity contribution in [3.63, 3.8) is 0 Å². The molecule has 4 rings (SSSR count). The molecule has 0 saturated heterocycles. The number of rotatable bonds is 6. The van der Waals surface area contributed by atoms with Gasteiger partial charge in [0.1, 0.15) is 5.00 Å². The third kappa shape index (κ3) is 4.46. The van der Waals surface area contributed by atoms with E-state index >= 15 is 0 Å². The summed E-state index contributed by atoms with van der Waals surface area (Å²) in [6, 6.07) is 17.6. The monoisotopic (exact) mass is 418 g/mol. The van der Waals surface area contributed by atoms with E-state index in [4.69, 9.17) is 0 Å². The lowest BCUT2D eigenvalue weighted by atomic mass is 9.95. The third-order valence-electron chi connectivity index (χ3n) is 5.56. The van der Waals surface area contributed by atoms with Gasteiger partial charge in [0.15, 0.2) is 0 Å². The molecule has 0 spiro atoms. The number of thiophene rings is 1. The Kier molecular flexibility index (Phi) is 6.29. The van der Waals surface area contributed by atoms with Gasteiger partial charge in [0.25, 0.3) is 11.8 Å². The Morgan fingerprint density at radius 2 is 1.67 bits per heavy atom. The van der Waals surface area contributed by atoms with Gasteiger partial charge in [0, 0.05) is 17.0 Å². The average molecular weight is 419 g/mol. The maximum Gasteiger partial charge on any atom is 0.256 e. The van der Waals surface area contributed by atoms with Crippen LogP contribution in [0.4, 0.5) is 5.00 Å². The van der Waals surface area contributed by atoms with Gasteiger partial charge >= 0.3 is 0 Å². The molecule has 0 radical (unpaired) electrons. The van der Waals surface area contributed by atoms with E-state index < -0.39 is 0 Å². The second kappa shape index (κ2) is 9.26. The fourth-order valence-corrected chi connectivity index (χ4v) is 5.23. The number of fused-ring (bicyclic) bond motifs is 1. The first-order valence-corrected chi connectivity index (χ1v) is 11.3. The molecule has 1 aliphatic carbocycles. The highest BCUT2D eigenvalue weighted by molar-refractivity contribution is 7.17. The Labute approximate surface area is 181 Å². The van der Waals surface area contributed by atoms with Crippen LogP contribution in [-0.4, -0.2) is 18.4 Å². The number of amides is 2. The van der Waals surface area contributed by atoms with Crippen molar-refractivity contribution >= 4 is 28.2 Å². The summed E-state index contributed by atoms with van der Waals surface area (Å²) in [7, 11) is 0. The van der Waals surface area contributed by atoms with Gasteiger partial charge in [-0.15, -0.1) is 11.3 Å². The molecular formula is C25H26N2O2S. The summed E-state index contributed by atoms with van der Waals surface area (Å²) in [5.74, 6) is -0.254. The van der Waals surface area contributed by atoms with Gasteiger partial charge in [-0.3, -0.25) is 9.59 Å². The van der Waals surface area contributed by atoms with E-state index in [0.717, 1.165) is 43.2 Å². The second-order valence-corrected chi connectivity index (χ2v) is 8.78. The van der Waals surface area contributed by atoms with Crippen molar-refractivity contribution in [3.05, 3.63) is 87.3 Å². The Bertz CT molecular complexity index is 1060. The smallest absolute Gasteiger partial charge is 0.256 e. The summed E-state index contributed by atoms with van der Waals surface area (Å²) in [6.45, 7) is 2.49. The van der Waals surface area contributed by atoms with Crippen molar-refractivity contribution in [1.82, 2.24) is 5.32 Å². The normalized spacial score (nSPS) is 12.8. The molecule has 154 valence electrons. The van der Waals surface area contributed by atoms with Crippen LogP contribution in [0.25, 0.3) is 0 Å². The molecular weight excluding hydrogens is 392 g/mol. The standard InChI is InChI=1S/C25H26N2O2S/c1-17-9-5-6-12-19(17)23(28)27-25-22(20-13-7-8-14-21(20)30-25)24(29)26-16-15-18-10-3-2-4-11-18/h2-6,9-12H,7-8,13-16H2,1H3,(H,26,29)(H,27,28). The van der Waals surface area contributed by atoms with Crippen LogP contribution in [0.15, 0.2) is 54.6 Å². The van der Waals surface area contributed by atoms with Gasteiger partial charge in [-0.1, -0.05) is 48.5 Å². The number of hydrogen-bond donors (Lipinski definition) is 2. The number of hydrogen-bond acceptors (Lipinski definition) is 3. The quantitative estimate of drug-likeness (QED) is 0.581. The van der Waals surface area contributed by atoms with Crippen LogP contribution >= 0.6 is 11.3 Å². The Hall–Kier alpha value is -2.92.